The minimum Gasteiger partial charge on any atom is -0.481 e. The molecule has 22 heavy (non-hydrogen) atoms. The van der Waals surface area contributed by atoms with Crippen molar-refractivity contribution in [1.29, 1.82) is 0 Å². The summed E-state index contributed by atoms with van der Waals surface area (Å²) < 4.78 is 31.3. The molecule has 2 atom stereocenters. The number of carboxylic acids is 1. The van der Waals surface area contributed by atoms with E-state index in [0.717, 1.165) is 12.1 Å². The summed E-state index contributed by atoms with van der Waals surface area (Å²) in [5.74, 6) is -3.87. The van der Waals surface area contributed by atoms with Crippen LogP contribution in [0.5, 0.6) is 5.75 Å². The van der Waals surface area contributed by atoms with Crippen molar-refractivity contribution in [2.24, 2.45) is 5.92 Å². The number of amides is 1. The summed E-state index contributed by atoms with van der Waals surface area (Å²) in [5, 5.41) is 9.02. The summed E-state index contributed by atoms with van der Waals surface area (Å²) in [6.45, 7) is 2.10. The number of piperidine rings is 1. The molecule has 1 saturated heterocycles. The Morgan fingerprint density at radius 3 is 2.73 bits per heavy atom. The van der Waals surface area contributed by atoms with Crippen molar-refractivity contribution in [2.45, 2.75) is 25.9 Å². The Morgan fingerprint density at radius 1 is 1.36 bits per heavy atom. The maximum Gasteiger partial charge on any atom is 0.308 e. The van der Waals surface area contributed by atoms with Crippen LogP contribution in [0.25, 0.3) is 0 Å². The lowest BCUT2D eigenvalue weighted by molar-refractivity contribution is -0.147. The number of nitrogens with zero attached hydrogens (tertiary/aromatic N) is 1. The van der Waals surface area contributed by atoms with Gasteiger partial charge in [0, 0.05) is 19.2 Å². The lowest BCUT2D eigenvalue weighted by Crippen LogP contribution is -2.47. The van der Waals surface area contributed by atoms with Crippen LogP contribution in [0.3, 0.4) is 0 Å². The van der Waals surface area contributed by atoms with Gasteiger partial charge in [-0.05, 0) is 31.9 Å². The Hall–Kier alpha value is -2.18. The number of carbonyl (C=O) groups excluding carboxylic acids is 1. The molecule has 1 fully saturated rings. The molecule has 1 N–H and O–H groups in total. The number of rotatable bonds is 4. The molecule has 2 rings (SSSR count). The molecule has 1 heterocycles. The molecule has 1 amide bonds. The average molecular weight is 313 g/mol. The van der Waals surface area contributed by atoms with Crippen LogP contribution in [0.2, 0.25) is 0 Å². The summed E-state index contributed by atoms with van der Waals surface area (Å²) >= 11 is 0. The maximum atomic E-state index is 13.1. The standard InChI is InChI=1S/C15H17F2NO4/c1-9(22-11-4-5-12(16)13(17)7-11)14(19)18-6-2-3-10(8-18)15(20)21/h4-5,7,9-10H,2-3,6,8H2,1H3,(H,20,21)/t9-,10-/m0/s1. The van der Waals surface area contributed by atoms with Gasteiger partial charge in [0.05, 0.1) is 5.92 Å². The van der Waals surface area contributed by atoms with Crippen LogP contribution < -0.4 is 4.74 Å². The van der Waals surface area contributed by atoms with Crippen LogP contribution in [-0.4, -0.2) is 41.1 Å². The second-order valence-corrected chi connectivity index (χ2v) is 5.30. The molecule has 0 unspecified atom stereocenters. The SMILES string of the molecule is C[C@H](Oc1ccc(F)c(F)c1)C(=O)N1CCC[C@H](C(=O)O)C1. The first-order chi connectivity index (χ1) is 10.4. The van der Waals surface area contributed by atoms with E-state index in [9.17, 15) is 18.4 Å². The molecule has 5 nitrogen and oxygen atoms in total. The zero-order chi connectivity index (χ0) is 16.3. The molecule has 0 radical (unpaired) electrons. The minimum atomic E-state index is -1.05. The predicted molar refractivity (Wildman–Crippen MR) is 73.4 cm³/mol. The molecular formula is C15H17F2NO4. The molecule has 0 aromatic heterocycles. The Balaban J connectivity index is 1.99. The van der Waals surface area contributed by atoms with E-state index in [1.165, 1.54) is 17.9 Å². The third-order valence-electron chi connectivity index (χ3n) is 3.63. The van der Waals surface area contributed by atoms with Gasteiger partial charge in [0.2, 0.25) is 0 Å². The molecule has 7 heteroatoms. The Bertz CT molecular complexity index is 579. The van der Waals surface area contributed by atoms with Gasteiger partial charge in [-0.2, -0.15) is 0 Å². The van der Waals surface area contributed by atoms with Crippen molar-refractivity contribution in [3.8, 4) is 5.75 Å². The van der Waals surface area contributed by atoms with Crippen molar-refractivity contribution in [3.63, 3.8) is 0 Å². The fourth-order valence-electron chi connectivity index (χ4n) is 2.44. The van der Waals surface area contributed by atoms with Crippen molar-refractivity contribution in [1.82, 2.24) is 4.90 Å². The van der Waals surface area contributed by atoms with Crippen LogP contribution in [0.1, 0.15) is 19.8 Å². The van der Waals surface area contributed by atoms with Gasteiger partial charge in [0.15, 0.2) is 17.7 Å². The van der Waals surface area contributed by atoms with E-state index in [0.29, 0.717) is 19.4 Å². The fourth-order valence-corrected chi connectivity index (χ4v) is 2.44. The molecule has 1 aromatic rings. The van der Waals surface area contributed by atoms with Crippen molar-refractivity contribution in [2.75, 3.05) is 13.1 Å². The summed E-state index contributed by atoms with van der Waals surface area (Å²) in [7, 11) is 0. The number of benzene rings is 1. The Morgan fingerprint density at radius 2 is 2.09 bits per heavy atom. The van der Waals surface area contributed by atoms with Gasteiger partial charge in [0.25, 0.3) is 5.91 Å². The first kappa shape index (κ1) is 16.2. The number of ether oxygens (including phenoxy) is 1. The van der Waals surface area contributed by atoms with Gasteiger partial charge in [-0.1, -0.05) is 0 Å². The molecule has 120 valence electrons. The summed E-state index contributed by atoms with van der Waals surface area (Å²) in [6, 6.07) is 3.02. The summed E-state index contributed by atoms with van der Waals surface area (Å²) in [4.78, 5) is 24.7. The molecule has 0 spiro atoms. The van der Waals surface area contributed by atoms with Crippen LogP contribution in [-0.2, 0) is 9.59 Å². The van der Waals surface area contributed by atoms with Gasteiger partial charge >= 0.3 is 5.97 Å². The zero-order valence-corrected chi connectivity index (χ0v) is 12.1. The summed E-state index contributed by atoms with van der Waals surface area (Å²) in [6.07, 6.45) is 0.246. The molecule has 1 aromatic carbocycles. The van der Waals surface area contributed by atoms with Crippen molar-refractivity contribution in [3.05, 3.63) is 29.8 Å². The highest BCUT2D eigenvalue weighted by atomic mass is 19.2. The van der Waals surface area contributed by atoms with E-state index in [-0.39, 0.29) is 18.2 Å². The lowest BCUT2D eigenvalue weighted by atomic mass is 9.98. The van der Waals surface area contributed by atoms with Crippen LogP contribution in [0.4, 0.5) is 8.78 Å². The zero-order valence-electron chi connectivity index (χ0n) is 12.1. The van der Waals surface area contributed by atoms with Crippen LogP contribution in [0, 0.1) is 17.6 Å². The Labute approximate surface area is 126 Å². The van der Waals surface area contributed by atoms with Crippen molar-refractivity contribution >= 4 is 11.9 Å². The average Bonchev–Trinajstić information content (AvgIpc) is 2.50. The van der Waals surface area contributed by atoms with E-state index in [2.05, 4.69) is 0 Å². The Kier molecular flexibility index (Phi) is 4.95. The third kappa shape index (κ3) is 3.72. The normalized spacial score (nSPS) is 19.6. The number of hydrogen-bond donors (Lipinski definition) is 1. The molecule has 0 saturated carbocycles. The number of carboxylic acid groups (broad SMARTS) is 1. The van der Waals surface area contributed by atoms with E-state index in [1.54, 1.807) is 0 Å². The highest BCUT2D eigenvalue weighted by Crippen LogP contribution is 2.20. The lowest BCUT2D eigenvalue weighted by Gasteiger charge is -2.32. The van der Waals surface area contributed by atoms with E-state index in [4.69, 9.17) is 9.84 Å². The number of hydrogen-bond acceptors (Lipinski definition) is 3. The first-order valence-electron chi connectivity index (χ1n) is 7.01. The second kappa shape index (κ2) is 6.72. The highest BCUT2D eigenvalue weighted by molar-refractivity contribution is 5.82. The number of carbonyl (C=O) groups is 2. The first-order valence-corrected chi connectivity index (χ1v) is 7.01. The smallest absolute Gasteiger partial charge is 0.308 e. The van der Waals surface area contributed by atoms with Gasteiger partial charge in [-0.3, -0.25) is 9.59 Å². The van der Waals surface area contributed by atoms with Gasteiger partial charge < -0.3 is 14.7 Å². The number of halogens is 2. The minimum absolute atomic E-state index is 0.0477. The molecule has 0 bridgehead atoms. The second-order valence-electron chi connectivity index (χ2n) is 5.30. The number of aliphatic carboxylic acids is 1. The topological polar surface area (TPSA) is 66.8 Å². The van der Waals surface area contributed by atoms with Crippen LogP contribution >= 0.6 is 0 Å². The van der Waals surface area contributed by atoms with E-state index < -0.39 is 29.6 Å². The number of likely N-dealkylation sites (tertiary alicyclic amines) is 1. The molecule has 1 aliphatic rings. The van der Waals surface area contributed by atoms with E-state index >= 15 is 0 Å². The predicted octanol–water partition coefficient (Wildman–Crippen LogP) is 2.06. The van der Waals surface area contributed by atoms with Gasteiger partial charge in [0.1, 0.15) is 5.75 Å². The fraction of sp³-hybridized carbons (Fsp3) is 0.467. The molecular weight excluding hydrogens is 296 g/mol. The van der Waals surface area contributed by atoms with Gasteiger partial charge in [-0.15, -0.1) is 0 Å². The molecule has 1 aliphatic heterocycles. The summed E-state index contributed by atoms with van der Waals surface area (Å²) in [5.41, 5.74) is 0. The van der Waals surface area contributed by atoms with Gasteiger partial charge in [-0.25, -0.2) is 8.78 Å². The maximum absolute atomic E-state index is 13.1. The monoisotopic (exact) mass is 313 g/mol. The third-order valence-corrected chi connectivity index (χ3v) is 3.63. The molecule has 0 aliphatic carbocycles. The van der Waals surface area contributed by atoms with E-state index in [1.807, 2.05) is 0 Å². The van der Waals surface area contributed by atoms with Crippen molar-refractivity contribution < 1.29 is 28.2 Å². The highest BCUT2D eigenvalue weighted by Gasteiger charge is 2.31. The largest absolute Gasteiger partial charge is 0.481 e. The quantitative estimate of drug-likeness (QED) is 0.924. The van der Waals surface area contributed by atoms with Crippen LogP contribution in [0.15, 0.2) is 18.2 Å².